The van der Waals surface area contributed by atoms with Gasteiger partial charge < -0.3 is 5.32 Å². The smallest absolute Gasteiger partial charge is 0.253 e. The lowest BCUT2D eigenvalue weighted by Gasteiger charge is -2.22. The van der Waals surface area contributed by atoms with E-state index in [9.17, 15) is 4.79 Å². The molecule has 2 aromatic heterocycles. The number of carbonyl (C=O) groups excluding carboxylic acids is 1. The summed E-state index contributed by atoms with van der Waals surface area (Å²) >= 11 is 1.39. The molecular weight excluding hydrogens is 334 g/mol. The molecule has 1 amide bonds. The molecule has 0 saturated heterocycles. The molecule has 1 fully saturated rings. The van der Waals surface area contributed by atoms with Crippen LogP contribution < -0.4 is 5.32 Å². The van der Waals surface area contributed by atoms with Crippen LogP contribution in [0.5, 0.6) is 0 Å². The summed E-state index contributed by atoms with van der Waals surface area (Å²) in [5, 5.41) is 7.99. The predicted octanol–water partition coefficient (Wildman–Crippen LogP) is 3.23. The number of thioether (sulfide) groups is 1. The minimum Gasteiger partial charge on any atom is -0.355 e. The van der Waals surface area contributed by atoms with Crippen molar-refractivity contribution in [1.29, 1.82) is 0 Å². The summed E-state index contributed by atoms with van der Waals surface area (Å²) < 4.78 is 1.76. The standard InChI is InChI=1S/C18H27N5OS/c1-11-12(2)20-17-21-18(22-23(17)13(11)3)25-14(4)16(24)19-10-15-8-6-5-7-9-15/h14-15H,5-10H2,1-4H3,(H,19,24)/t14-/m0/s1. The van der Waals surface area contributed by atoms with Crippen molar-refractivity contribution in [3.63, 3.8) is 0 Å². The molecule has 1 aliphatic rings. The average molecular weight is 362 g/mol. The SMILES string of the molecule is Cc1nc2nc(S[C@@H](C)C(=O)NCC3CCCCC3)nn2c(C)c1C. The molecule has 1 atom stereocenters. The lowest BCUT2D eigenvalue weighted by atomic mass is 9.89. The number of aryl methyl sites for hydroxylation is 2. The van der Waals surface area contributed by atoms with Crippen LogP contribution in [0.1, 0.15) is 56.0 Å². The molecule has 6 nitrogen and oxygen atoms in total. The summed E-state index contributed by atoms with van der Waals surface area (Å²) in [6, 6.07) is 0. The molecule has 2 heterocycles. The van der Waals surface area contributed by atoms with Crippen molar-refractivity contribution in [2.75, 3.05) is 6.54 Å². The molecular formula is C18H27N5OS. The summed E-state index contributed by atoms with van der Waals surface area (Å²) in [7, 11) is 0. The van der Waals surface area contributed by atoms with E-state index in [4.69, 9.17) is 0 Å². The Morgan fingerprint density at radius 3 is 2.68 bits per heavy atom. The molecule has 1 aliphatic carbocycles. The van der Waals surface area contributed by atoms with E-state index in [1.54, 1.807) is 4.52 Å². The van der Waals surface area contributed by atoms with Crippen molar-refractivity contribution in [3.05, 3.63) is 17.0 Å². The van der Waals surface area contributed by atoms with Crippen LogP contribution in [0.15, 0.2) is 5.16 Å². The first kappa shape index (κ1) is 18.2. The Morgan fingerprint density at radius 2 is 1.96 bits per heavy atom. The summed E-state index contributed by atoms with van der Waals surface area (Å²) in [5.41, 5.74) is 3.12. The Labute approximate surface area is 153 Å². The van der Waals surface area contributed by atoms with Crippen molar-refractivity contribution in [1.82, 2.24) is 24.9 Å². The highest BCUT2D eigenvalue weighted by molar-refractivity contribution is 8.00. The Bertz CT molecular complexity index is 766. The lowest BCUT2D eigenvalue weighted by Crippen LogP contribution is -2.35. The zero-order chi connectivity index (χ0) is 18.0. The van der Waals surface area contributed by atoms with Crippen molar-refractivity contribution >= 4 is 23.4 Å². The summed E-state index contributed by atoms with van der Waals surface area (Å²) in [6.07, 6.45) is 6.39. The third-order valence-corrected chi connectivity index (χ3v) is 6.13. The van der Waals surface area contributed by atoms with E-state index in [0.29, 0.717) is 16.9 Å². The lowest BCUT2D eigenvalue weighted by molar-refractivity contribution is -0.120. The van der Waals surface area contributed by atoms with Crippen LogP contribution in [0, 0.1) is 26.7 Å². The summed E-state index contributed by atoms with van der Waals surface area (Å²) in [5.74, 6) is 1.30. The third kappa shape index (κ3) is 4.14. The molecule has 0 radical (unpaired) electrons. The molecule has 0 unspecified atom stereocenters. The monoisotopic (exact) mass is 361 g/mol. The maximum Gasteiger partial charge on any atom is 0.253 e. The number of fused-ring (bicyclic) bond motifs is 1. The molecule has 2 aromatic rings. The number of aromatic nitrogens is 4. The average Bonchev–Trinajstić information content (AvgIpc) is 3.01. The first-order valence-corrected chi connectivity index (χ1v) is 9.98. The van der Waals surface area contributed by atoms with Crippen LogP contribution in [-0.4, -0.2) is 37.3 Å². The summed E-state index contributed by atoms with van der Waals surface area (Å²) in [6.45, 7) is 8.73. The van der Waals surface area contributed by atoms with Crippen LogP contribution in [0.3, 0.4) is 0 Å². The third-order valence-electron chi connectivity index (χ3n) is 5.18. The van der Waals surface area contributed by atoms with Gasteiger partial charge in [0, 0.05) is 17.9 Å². The van der Waals surface area contributed by atoms with Gasteiger partial charge in [-0.3, -0.25) is 4.79 Å². The molecule has 0 spiro atoms. The van der Waals surface area contributed by atoms with E-state index < -0.39 is 0 Å². The fraction of sp³-hybridized carbons (Fsp3) is 0.667. The highest BCUT2D eigenvalue weighted by Gasteiger charge is 2.20. The van der Waals surface area contributed by atoms with Gasteiger partial charge in [0.2, 0.25) is 11.1 Å². The number of nitrogens with zero attached hydrogens (tertiary/aromatic N) is 4. The van der Waals surface area contributed by atoms with Crippen molar-refractivity contribution in [2.45, 2.75) is 70.2 Å². The Kier molecular flexibility index (Phi) is 5.61. The first-order chi connectivity index (χ1) is 12.0. The minimum absolute atomic E-state index is 0.0615. The first-order valence-electron chi connectivity index (χ1n) is 9.10. The minimum atomic E-state index is -0.219. The van der Waals surface area contributed by atoms with Crippen LogP contribution in [0.25, 0.3) is 5.78 Å². The second-order valence-corrected chi connectivity index (χ2v) is 8.33. The van der Waals surface area contributed by atoms with Gasteiger partial charge in [-0.2, -0.15) is 4.98 Å². The molecule has 1 N–H and O–H groups in total. The molecule has 1 saturated carbocycles. The Morgan fingerprint density at radius 1 is 1.24 bits per heavy atom. The van der Waals surface area contributed by atoms with E-state index in [1.807, 2.05) is 27.7 Å². The fourth-order valence-corrected chi connectivity index (χ4v) is 4.05. The highest BCUT2D eigenvalue weighted by Crippen LogP contribution is 2.24. The van der Waals surface area contributed by atoms with E-state index in [1.165, 1.54) is 43.9 Å². The predicted molar refractivity (Wildman–Crippen MR) is 99.9 cm³/mol. The van der Waals surface area contributed by atoms with Gasteiger partial charge in [0.15, 0.2) is 0 Å². The highest BCUT2D eigenvalue weighted by atomic mass is 32.2. The van der Waals surface area contributed by atoms with Crippen LogP contribution in [0.2, 0.25) is 0 Å². The molecule has 3 rings (SSSR count). The van der Waals surface area contributed by atoms with E-state index in [0.717, 1.165) is 23.5 Å². The second kappa shape index (κ2) is 7.72. The fourth-order valence-electron chi connectivity index (χ4n) is 3.28. The Hall–Kier alpha value is -1.63. The van der Waals surface area contributed by atoms with Gasteiger partial charge in [-0.05, 0) is 52.0 Å². The molecule has 136 valence electrons. The number of hydrogen-bond acceptors (Lipinski definition) is 5. The zero-order valence-corrected chi connectivity index (χ0v) is 16.3. The van der Waals surface area contributed by atoms with Crippen molar-refractivity contribution in [3.8, 4) is 0 Å². The van der Waals surface area contributed by atoms with Gasteiger partial charge in [-0.15, -0.1) is 5.10 Å². The van der Waals surface area contributed by atoms with E-state index in [-0.39, 0.29) is 11.2 Å². The number of rotatable bonds is 5. The second-order valence-electron chi connectivity index (χ2n) is 7.02. The zero-order valence-electron chi connectivity index (χ0n) is 15.5. The van der Waals surface area contributed by atoms with Gasteiger partial charge in [-0.25, -0.2) is 9.50 Å². The van der Waals surface area contributed by atoms with Gasteiger partial charge in [0.05, 0.1) is 5.25 Å². The maximum absolute atomic E-state index is 12.4. The largest absolute Gasteiger partial charge is 0.355 e. The number of amides is 1. The van der Waals surface area contributed by atoms with E-state index >= 15 is 0 Å². The summed E-state index contributed by atoms with van der Waals surface area (Å²) in [4.78, 5) is 21.3. The normalized spacial score (nSPS) is 17.0. The van der Waals surface area contributed by atoms with Crippen LogP contribution in [0.4, 0.5) is 0 Å². The molecule has 7 heteroatoms. The van der Waals surface area contributed by atoms with Crippen LogP contribution >= 0.6 is 11.8 Å². The van der Waals surface area contributed by atoms with E-state index in [2.05, 4.69) is 20.4 Å². The number of carbonyl (C=O) groups is 1. The topological polar surface area (TPSA) is 72.2 Å². The Balaban J connectivity index is 1.62. The van der Waals surface area contributed by atoms with Crippen LogP contribution in [-0.2, 0) is 4.79 Å². The maximum atomic E-state index is 12.4. The van der Waals surface area contributed by atoms with Crippen molar-refractivity contribution in [2.24, 2.45) is 5.92 Å². The molecule has 0 bridgehead atoms. The number of nitrogens with one attached hydrogen (secondary N) is 1. The molecule has 0 aliphatic heterocycles. The number of hydrogen-bond donors (Lipinski definition) is 1. The van der Waals surface area contributed by atoms with Gasteiger partial charge in [0.1, 0.15) is 0 Å². The van der Waals surface area contributed by atoms with Gasteiger partial charge in [0.25, 0.3) is 5.78 Å². The molecule has 0 aromatic carbocycles. The van der Waals surface area contributed by atoms with Gasteiger partial charge in [-0.1, -0.05) is 31.0 Å². The van der Waals surface area contributed by atoms with Crippen molar-refractivity contribution < 1.29 is 4.79 Å². The molecule has 25 heavy (non-hydrogen) atoms. The van der Waals surface area contributed by atoms with Gasteiger partial charge >= 0.3 is 0 Å². The quantitative estimate of drug-likeness (QED) is 0.828.